The molecule has 1 aliphatic carbocycles. The summed E-state index contributed by atoms with van der Waals surface area (Å²) in [5.41, 5.74) is 1.06. The molecule has 3 rings (SSSR count). The number of carbonyl (C=O) groups is 2. The molecule has 27 heavy (non-hydrogen) atoms. The maximum atomic E-state index is 12.9. The molecule has 3 amide bonds. The van der Waals surface area contributed by atoms with Crippen LogP contribution in [0.1, 0.15) is 50.5 Å². The van der Waals surface area contributed by atoms with Crippen molar-refractivity contribution in [2.45, 2.75) is 69.7 Å². The zero-order valence-corrected chi connectivity index (χ0v) is 16.1. The summed E-state index contributed by atoms with van der Waals surface area (Å²) in [5.74, 6) is -0.336. The molecule has 6 heteroatoms. The van der Waals surface area contributed by atoms with Crippen molar-refractivity contribution in [3.63, 3.8) is 0 Å². The van der Waals surface area contributed by atoms with Crippen LogP contribution in [0.4, 0.5) is 4.79 Å². The Morgan fingerprint density at radius 1 is 1.15 bits per heavy atom. The van der Waals surface area contributed by atoms with Crippen LogP contribution in [0.25, 0.3) is 0 Å². The summed E-state index contributed by atoms with van der Waals surface area (Å²) in [6.45, 7) is 1.09. The van der Waals surface area contributed by atoms with Gasteiger partial charge >= 0.3 is 6.03 Å². The third-order valence-corrected chi connectivity index (χ3v) is 5.72. The number of benzene rings is 1. The minimum absolute atomic E-state index is 0.133. The Morgan fingerprint density at radius 2 is 1.85 bits per heavy atom. The second-order valence-corrected chi connectivity index (χ2v) is 7.82. The van der Waals surface area contributed by atoms with Gasteiger partial charge in [-0.2, -0.15) is 0 Å². The standard InChI is InChI=1S/C21H31N3O3/c1-23(15-16-9-4-2-5-10-16)21(27)24-14-8-13-18(24)19(25)20(26)22-17-11-6-3-7-12-17/h2,4-5,9-10,17-19,25H,3,6-8,11-15H2,1H3,(H,22,26). The first-order chi connectivity index (χ1) is 13.1. The van der Waals surface area contributed by atoms with Crippen LogP contribution in [0.3, 0.4) is 0 Å². The number of aliphatic hydroxyl groups is 1. The van der Waals surface area contributed by atoms with E-state index in [4.69, 9.17) is 0 Å². The number of rotatable bonds is 5. The van der Waals surface area contributed by atoms with E-state index in [0.717, 1.165) is 37.7 Å². The Morgan fingerprint density at radius 3 is 2.56 bits per heavy atom. The van der Waals surface area contributed by atoms with E-state index in [1.165, 1.54) is 6.42 Å². The monoisotopic (exact) mass is 373 g/mol. The molecule has 1 saturated carbocycles. The average molecular weight is 373 g/mol. The molecule has 1 heterocycles. The highest BCUT2D eigenvalue weighted by Crippen LogP contribution is 2.23. The smallest absolute Gasteiger partial charge is 0.320 e. The molecule has 2 N–H and O–H groups in total. The fraction of sp³-hybridized carbons (Fsp3) is 0.619. The van der Waals surface area contributed by atoms with E-state index in [-0.39, 0.29) is 18.0 Å². The lowest BCUT2D eigenvalue weighted by Gasteiger charge is -2.32. The van der Waals surface area contributed by atoms with Crippen LogP contribution in [-0.4, -0.2) is 58.6 Å². The average Bonchev–Trinajstić information content (AvgIpc) is 3.18. The topological polar surface area (TPSA) is 72.9 Å². The first kappa shape index (κ1) is 19.7. The third kappa shape index (κ3) is 5.01. The van der Waals surface area contributed by atoms with Crippen molar-refractivity contribution in [3.05, 3.63) is 35.9 Å². The van der Waals surface area contributed by atoms with Crippen molar-refractivity contribution in [2.24, 2.45) is 0 Å². The summed E-state index contributed by atoms with van der Waals surface area (Å²) >= 11 is 0. The summed E-state index contributed by atoms with van der Waals surface area (Å²) in [6.07, 6.45) is 5.72. The quantitative estimate of drug-likeness (QED) is 0.833. The van der Waals surface area contributed by atoms with E-state index < -0.39 is 12.1 Å². The fourth-order valence-corrected chi connectivity index (χ4v) is 4.21. The van der Waals surface area contributed by atoms with E-state index in [2.05, 4.69) is 5.32 Å². The normalized spacial score (nSPS) is 21.7. The molecule has 6 nitrogen and oxygen atoms in total. The summed E-state index contributed by atoms with van der Waals surface area (Å²) in [7, 11) is 1.76. The van der Waals surface area contributed by atoms with Crippen molar-refractivity contribution >= 4 is 11.9 Å². The van der Waals surface area contributed by atoms with Crippen molar-refractivity contribution in [3.8, 4) is 0 Å². The number of aliphatic hydroxyl groups excluding tert-OH is 1. The summed E-state index contributed by atoms with van der Waals surface area (Å²) in [4.78, 5) is 28.7. The lowest BCUT2D eigenvalue weighted by Crippen LogP contribution is -2.53. The molecule has 0 spiro atoms. The van der Waals surface area contributed by atoms with Gasteiger partial charge < -0.3 is 20.2 Å². The molecule has 148 valence electrons. The Hall–Kier alpha value is -2.08. The molecule has 0 aromatic heterocycles. The van der Waals surface area contributed by atoms with Crippen LogP contribution >= 0.6 is 0 Å². The van der Waals surface area contributed by atoms with E-state index in [1.54, 1.807) is 16.8 Å². The van der Waals surface area contributed by atoms with Crippen LogP contribution in [0.2, 0.25) is 0 Å². The van der Waals surface area contributed by atoms with Gasteiger partial charge in [-0.25, -0.2) is 4.79 Å². The van der Waals surface area contributed by atoms with Gasteiger partial charge in [-0.05, 0) is 31.2 Å². The van der Waals surface area contributed by atoms with Crippen LogP contribution in [0, 0.1) is 0 Å². The number of amides is 3. The fourth-order valence-electron chi connectivity index (χ4n) is 4.21. The van der Waals surface area contributed by atoms with Gasteiger partial charge in [0.2, 0.25) is 0 Å². The molecule has 2 aliphatic rings. The van der Waals surface area contributed by atoms with E-state index in [9.17, 15) is 14.7 Å². The molecule has 1 aromatic carbocycles. The van der Waals surface area contributed by atoms with Crippen LogP contribution in [0.5, 0.6) is 0 Å². The van der Waals surface area contributed by atoms with E-state index in [1.807, 2.05) is 30.3 Å². The van der Waals surface area contributed by atoms with Gasteiger partial charge in [0, 0.05) is 26.2 Å². The van der Waals surface area contributed by atoms with Gasteiger partial charge in [-0.1, -0.05) is 49.6 Å². The summed E-state index contributed by atoms with van der Waals surface area (Å²) in [6, 6.07) is 9.40. The molecule has 1 saturated heterocycles. The predicted octanol–water partition coefficient (Wildman–Crippen LogP) is 2.51. The highest BCUT2D eigenvalue weighted by Gasteiger charge is 2.39. The number of likely N-dealkylation sites (tertiary alicyclic amines) is 1. The van der Waals surface area contributed by atoms with E-state index in [0.29, 0.717) is 19.5 Å². The molecular formula is C21H31N3O3. The van der Waals surface area contributed by atoms with Crippen molar-refractivity contribution < 1.29 is 14.7 Å². The number of hydrogen-bond donors (Lipinski definition) is 2. The van der Waals surface area contributed by atoms with Crippen molar-refractivity contribution in [1.29, 1.82) is 0 Å². The maximum absolute atomic E-state index is 12.9. The molecule has 0 bridgehead atoms. The van der Waals surface area contributed by atoms with Gasteiger partial charge in [0.05, 0.1) is 6.04 Å². The number of nitrogens with one attached hydrogen (secondary N) is 1. The van der Waals surface area contributed by atoms with Crippen molar-refractivity contribution in [2.75, 3.05) is 13.6 Å². The molecule has 2 atom stereocenters. The van der Waals surface area contributed by atoms with Gasteiger partial charge in [0.25, 0.3) is 5.91 Å². The Labute approximate surface area is 161 Å². The molecule has 1 aliphatic heterocycles. The number of hydrogen-bond acceptors (Lipinski definition) is 3. The first-order valence-electron chi connectivity index (χ1n) is 10.1. The van der Waals surface area contributed by atoms with Crippen molar-refractivity contribution in [1.82, 2.24) is 15.1 Å². The Kier molecular flexibility index (Phi) is 6.72. The van der Waals surface area contributed by atoms with Crippen LogP contribution in [-0.2, 0) is 11.3 Å². The van der Waals surface area contributed by atoms with Gasteiger partial charge in [0.1, 0.15) is 0 Å². The minimum atomic E-state index is -1.16. The maximum Gasteiger partial charge on any atom is 0.320 e. The molecule has 0 radical (unpaired) electrons. The highest BCUT2D eigenvalue weighted by molar-refractivity contribution is 5.83. The molecule has 2 fully saturated rings. The predicted molar refractivity (Wildman–Crippen MR) is 104 cm³/mol. The third-order valence-electron chi connectivity index (χ3n) is 5.72. The van der Waals surface area contributed by atoms with Gasteiger partial charge in [-0.15, -0.1) is 0 Å². The second-order valence-electron chi connectivity index (χ2n) is 7.82. The van der Waals surface area contributed by atoms with Gasteiger partial charge in [0.15, 0.2) is 6.10 Å². The van der Waals surface area contributed by atoms with Crippen LogP contribution in [0.15, 0.2) is 30.3 Å². The first-order valence-corrected chi connectivity index (χ1v) is 10.1. The lowest BCUT2D eigenvalue weighted by atomic mass is 9.95. The molecule has 1 aromatic rings. The van der Waals surface area contributed by atoms with E-state index >= 15 is 0 Å². The SMILES string of the molecule is CN(Cc1ccccc1)C(=O)N1CCCC1C(O)C(=O)NC1CCCCC1. The van der Waals surface area contributed by atoms with Gasteiger partial charge in [-0.3, -0.25) is 4.79 Å². The molecule has 2 unspecified atom stereocenters. The Balaban J connectivity index is 1.58. The zero-order chi connectivity index (χ0) is 19.2. The summed E-state index contributed by atoms with van der Waals surface area (Å²) < 4.78 is 0. The largest absolute Gasteiger partial charge is 0.381 e. The minimum Gasteiger partial charge on any atom is -0.381 e. The van der Waals surface area contributed by atoms with Crippen LogP contribution < -0.4 is 5.32 Å². The zero-order valence-electron chi connectivity index (χ0n) is 16.1. The number of carbonyl (C=O) groups excluding carboxylic acids is 2. The molecular weight excluding hydrogens is 342 g/mol. The highest BCUT2D eigenvalue weighted by atomic mass is 16.3. The number of urea groups is 1. The second kappa shape index (κ2) is 9.22. The Bertz CT molecular complexity index is 631. The lowest BCUT2D eigenvalue weighted by molar-refractivity contribution is -0.132. The summed E-state index contributed by atoms with van der Waals surface area (Å²) in [5, 5.41) is 13.6. The number of nitrogens with zero attached hydrogens (tertiary/aromatic N) is 2.